The van der Waals surface area contributed by atoms with Crippen molar-refractivity contribution < 1.29 is 0 Å². The molecular formula is C4H9NO. The molecule has 0 aromatic carbocycles. The first-order valence-corrected chi connectivity index (χ1v) is 2.21. The Labute approximate surface area is 37.5 Å². The Hall–Kier alpha value is -0.400. The van der Waals surface area contributed by atoms with E-state index in [0.29, 0.717) is 6.54 Å². The number of nitrogens with zero attached hydrogens (tertiary/aromatic N) is 1. The summed E-state index contributed by atoms with van der Waals surface area (Å²) in [5.74, 6) is 0. The zero-order chi connectivity index (χ0) is 4.83. The van der Waals surface area contributed by atoms with E-state index in [4.69, 9.17) is 0 Å². The van der Waals surface area contributed by atoms with Crippen molar-refractivity contribution in [2.75, 3.05) is 6.54 Å². The highest BCUT2D eigenvalue weighted by molar-refractivity contribution is 4.36. The molecule has 0 bridgehead atoms. The second-order valence-corrected chi connectivity index (χ2v) is 1.21. The molecule has 0 spiro atoms. The number of nitroso groups, excluding NO2 is 1. The first kappa shape index (κ1) is 5.60. The van der Waals surface area contributed by atoms with Crippen molar-refractivity contribution in [1.29, 1.82) is 0 Å². The topological polar surface area (TPSA) is 29.4 Å². The van der Waals surface area contributed by atoms with Crippen molar-refractivity contribution in [2.45, 2.75) is 19.8 Å². The molecule has 0 aromatic rings. The minimum Gasteiger partial charge on any atom is -0.151 e. The normalized spacial score (nSPS) is 8.17. The van der Waals surface area contributed by atoms with Crippen LogP contribution in [0, 0.1) is 4.91 Å². The highest BCUT2D eigenvalue weighted by atomic mass is 16.3. The smallest absolute Gasteiger partial charge is 0.0811 e. The third kappa shape index (κ3) is 3.60. The van der Waals surface area contributed by atoms with Gasteiger partial charge < -0.3 is 0 Å². The largest absolute Gasteiger partial charge is 0.151 e. The van der Waals surface area contributed by atoms with Gasteiger partial charge in [-0.15, -0.1) is 0 Å². The van der Waals surface area contributed by atoms with Gasteiger partial charge in [0.2, 0.25) is 0 Å². The molecule has 0 radical (unpaired) electrons. The molecular weight excluding hydrogens is 78.0 g/mol. The maximum absolute atomic E-state index is 9.31. The van der Waals surface area contributed by atoms with Crippen LogP contribution in [-0.2, 0) is 0 Å². The summed E-state index contributed by atoms with van der Waals surface area (Å²) in [5.41, 5.74) is 0. The Bertz CT molecular complexity index is 36.5. The minimum absolute atomic E-state index is 0.483. The molecule has 0 amide bonds. The van der Waals surface area contributed by atoms with E-state index in [2.05, 4.69) is 5.18 Å². The van der Waals surface area contributed by atoms with Crippen molar-refractivity contribution >= 4 is 0 Å². The van der Waals surface area contributed by atoms with Gasteiger partial charge in [-0.3, -0.25) is 0 Å². The van der Waals surface area contributed by atoms with Crippen LogP contribution in [0.4, 0.5) is 0 Å². The Morgan fingerprint density at radius 2 is 2.33 bits per heavy atom. The molecule has 0 aromatic heterocycles. The molecule has 0 aliphatic rings. The van der Waals surface area contributed by atoms with Crippen LogP contribution < -0.4 is 0 Å². The zero-order valence-electron chi connectivity index (χ0n) is 3.98. The molecule has 0 rings (SSSR count). The van der Waals surface area contributed by atoms with E-state index < -0.39 is 0 Å². The third-order valence-electron chi connectivity index (χ3n) is 0.603. The van der Waals surface area contributed by atoms with E-state index in [-0.39, 0.29) is 0 Å². The highest BCUT2D eigenvalue weighted by Gasteiger charge is 1.75. The maximum Gasteiger partial charge on any atom is 0.0811 e. The Balaban J connectivity index is 2.49. The molecule has 2 nitrogen and oxygen atoms in total. The second kappa shape index (κ2) is 4.60. The summed E-state index contributed by atoms with van der Waals surface area (Å²) < 4.78 is 0. The van der Waals surface area contributed by atoms with Crippen molar-refractivity contribution in [2.24, 2.45) is 5.18 Å². The summed E-state index contributed by atoms with van der Waals surface area (Å²) in [4.78, 5) is 9.31. The second-order valence-electron chi connectivity index (χ2n) is 1.21. The first-order chi connectivity index (χ1) is 2.91. The van der Waals surface area contributed by atoms with Gasteiger partial charge in [0, 0.05) is 0 Å². The predicted molar refractivity (Wildman–Crippen MR) is 25.6 cm³/mol. The molecule has 36 valence electrons. The standard InChI is InChI=1S/C4H9NO/c1-2-3-4-5-6/h2-4H2,1H3. The fourth-order valence-corrected chi connectivity index (χ4v) is 0.223. The lowest BCUT2D eigenvalue weighted by Crippen LogP contribution is -1.72. The lowest BCUT2D eigenvalue weighted by Gasteiger charge is -1.78. The van der Waals surface area contributed by atoms with E-state index in [9.17, 15) is 4.91 Å². The summed E-state index contributed by atoms with van der Waals surface area (Å²) in [6, 6.07) is 0. The van der Waals surface area contributed by atoms with Crippen molar-refractivity contribution in [1.82, 2.24) is 0 Å². The molecule has 0 saturated carbocycles. The van der Waals surface area contributed by atoms with Gasteiger partial charge in [0.05, 0.1) is 6.54 Å². The van der Waals surface area contributed by atoms with E-state index in [0.717, 1.165) is 12.8 Å². The van der Waals surface area contributed by atoms with E-state index >= 15 is 0 Å². The molecule has 0 saturated heterocycles. The Morgan fingerprint density at radius 1 is 1.67 bits per heavy atom. The third-order valence-corrected chi connectivity index (χ3v) is 0.603. The summed E-state index contributed by atoms with van der Waals surface area (Å²) in [7, 11) is 0. The molecule has 0 fully saturated rings. The lowest BCUT2D eigenvalue weighted by molar-refractivity contribution is 0.804. The van der Waals surface area contributed by atoms with E-state index in [1.54, 1.807) is 0 Å². The van der Waals surface area contributed by atoms with Crippen LogP contribution in [0.25, 0.3) is 0 Å². The molecule has 6 heavy (non-hydrogen) atoms. The van der Waals surface area contributed by atoms with Crippen LogP contribution in [0.1, 0.15) is 19.8 Å². The lowest BCUT2D eigenvalue weighted by atomic mass is 10.3. The average Bonchev–Trinajstić information content (AvgIpc) is 1.61. The van der Waals surface area contributed by atoms with Crippen molar-refractivity contribution in [3.8, 4) is 0 Å². The first-order valence-electron chi connectivity index (χ1n) is 2.21. The Kier molecular flexibility index (Phi) is 4.29. The van der Waals surface area contributed by atoms with Gasteiger partial charge in [-0.1, -0.05) is 18.5 Å². The Morgan fingerprint density at radius 3 is 2.50 bits per heavy atom. The predicted octanol–water partition coefficient (Wildman–Crippen LogP) is 1.55. The number of unbranched alkanes of at least 4 members (excludes halogenated alkanes) is 1. The highest BCUT2D eigenvalue weighted by Crippen LogP contribution is 1.83. The van der Waals surface area contributed by atoms with Crippen LogP contribution in [0.15, 0.2) is 5.18 Å². The number of hydrogen-bond acceptors (Lipinski definition) is 2. The van der Waals surface area contributed by atoms with Gasteiger partial charge in [-0.25, -0.2) is 0 Å². The van der Waals surface area contributed by atoms with Gasteiger partial charge >= 0.3 is 0 Å². The van der Waals surface area contributed by atoms with Gasteiger partial charge in [0.25, 0.3) is 0 Å². The molecule has 0 unspecified atom stereocenters. The maximum atomic E-state index is 9.31. The molecule has 0 atom stereocenters. The molecule has 0 heterocycles. The van der Waals surface area contributed by atoms with Crippen molar-refractivity contribution in [3.05, 3.63) is 4.91 Å². The van der Waals surface area contributed by atoms with Gasteiger partial charge in [-0.05, 0) is 6.42 Å². The molecule has 2 heteroatoms. The van der Waals surface area contributed by atoms with Crippen LogP contribution in [0.2, 0.25) is 0 Å². The fourth-order valence-electron chi connectivity index (χ4n) is 0.223. The SMILES string of the molecule is CCCCN=O. The van der Waals surface area contributed by atoms with Crippen LogP contribution >= 0.6 is 0 Å². The van der Waals surface area contributed by atoms with Gasteiger partial charge in [-0.2, -0.15) is 4.91 Å². The number of rotatable bonds is 3. The minimum atomic E-state index is 0.483. The summed E-state index contributed by atoms with van der Waals surface area (Å²) >= 11 is 0. The molecule has 0 aliphatic heterocycles. The summed E-state index contributed by atoms with van der Waals surface area (Å²) in [6.07, 6.45) is 2.00. The van der Waals surface area contributed by atoms with Gasteiger partial charge in [0.1, 0.15) is 0 Å². The summed E-state index contributed by atoms with van der Waals surface area (Å²) in [6.45, 7) is 2.52. The van der Waals surface area contributed by atoms with E-state index in [1.165, 1.54) is 0 Å². The van der Waals surface area contributed by atoms with Crippen LogP contribution in [0.3, 0.4) is 0 Å². The summed E-state index contributed by atoms with van der Waals surface area (Å²) in [5, 5.41) is 2.68. The van der Waals surface area contributed by atoms with Gasteiger partial charge in [0.15, 0.2) is 0 Å². The van der Waals surface area contributed by atoms with Crippen LogP contribution in [-0.4, -0.2) is 6.54 Å². The number of hydrogen-bond donors (Lipinski definition) is 0. The zero-order valence-corrected chi connectivity index (χ0v) is 3.98. The molecule has 0 N–H and O–H groups in total. The van der Waals surface area contributed by atoms with Crippen molar-refractivity contribution in [3.63, 3.8) is 0 Å². The monoisotopic (exact) mass is 87.1 g/mol. The fraction of sp³-hybridized carbons (Fsp3) is 1.00. The van der Waals surface area contributed by atoms with Crippen LogP contribution in [0.5, 0.6) is 0 Å². The van der Waals surface area contributed by atoms with E-state index in [1.807, 2.05) is 6.92 Å². The molecule has 0 aliphatic carbocycles. The average molecular weight is 87.1 g/mol. The quantitative estimate of drug-likeness (QED) is 0.379.